The minimum absolute atomic E-state index is 0.151. The Kier molecular flexibility index (Phi) is 4.39. The van der Waals surface area contributed by atoms with E-state index in [-0.39, 0.29) is 5.91 Å². The lowest BCUT2D eigenvalue weighted by atomic mass is 10.2. The summed E-state index contributed by atoms with van der Waals surface area (Å²) in [5.74, 6) is -0.151. The van der Waals surface area contributed by atoms with Crippen molar-refractivity contribution >= 4 is 29.1 Å². The number of benzene rings is 1. The predicted molar refractivity (Wildman–Crippen MR) is 62.5 cm³/mol. The summed E-state index contributed by atoms with van der Waals surface area (Å²) in [6.45, 7) is 0.922. The number of hydrogen-bond acceptors (Lipinski definition) is 2. The van der Waals surface area contributed by atoms with E-state index in [9.17, 15) is 4.79 Å². The van der Waals surface area contributed by atoms with Gasteiger partial charge in [0.05, 0.1) is 10.6 Å². The summed E-state index contributed by atoms with van der Waals surface area (Å²) < 4.78 is 0. The fourth-order valence-corrected chi connectivity index (χ4v) is 1.65. The van der Waals surface area contributed by atoms with E-state index in [1.54, 1.807) is 25.2 Å². The minimum Gasteiger partial charge on any atom is -0.340 e. The van der Waals surface area contributed by atoms with E-state index in [0.717, 1.165) is 0 Å². The zero-order valence-electron chi connectivity index (χ0n) is 8.34. The molecule has 0 aromatic heterocycles. The van der Waals surface area contributed by atoms with Crippen molar-refractivity contribution in [1.29, 1.82) is 0 Å². The number of amides is 1. The maximum absolute atomic E-state index is 11.8. The first-order valence-corrected chi connectivity index (χ1v) is 5.22. The first-order valence-electron chi connectivity index (χ1n) is 4.47. The topological polar surface area (TPSA) is 46.3 Å². The van der Waals surface area contributed by atoms with Crippen LogP contribution in [0.1, 0.15) is 10.4 Å². The van der Waals surface area contributed by atoms with Gasteiger partial charge < -0.3 is 10.6 Å². The Labute approximate surface area is 98.8 Å². The van der Waals surface area contributed by atoms with Crippen molar-refractivity contribution in [3.05, 3.63) is 33.8 Å². The predicted octanol–water partition coefficient (Wildman–Crippen LogP) is 2.02. The lowest BCUT2D eigenvalue weighted by Gasteiger charge is -2.16. The Bertz CT molecular complexity index is 368. The third-order valence-electron chi connectivity index (χ3n) is 1.97. The van der Waals surface area contributed by atoms with Gasteiger partial charge in [0, 0.05) is 25.2 Å². The molecule has 2 N–H and O–H groups in total. The molecule has 0 spiro atoms. The summed E-state index contributed by atoms with van der Waals surface area (Å²) in [6.07, 6.45) is 0. The van der Waals surface area contributed by atoms with Crippen molar-refractivity contribution in [2.75, 3.05) is 20.1 Å². The van der Waals surface area contributed by atoms with Crippen LogP contribution < -0.4 is 5.73 Å². The van der Waals surface area contributed by atoms with Crippen molar-refractivity contribution in [3.63, 3.8) is 0 Å². The van der Waals surface area contributed by atoms with Gasteiger partial charge in [0.15, 0.2) is 0 Å². The summed E-state index contributed by atoms with van der Waals surface area (Å²) in [6, 6.07) is 4.80. The van der Waals surface area contributed by atoms with Crippen LogP contribution in [-0.4, -0.2) is 30.9 Å². The van der Waals surface area contributed by atoms with E-state index < -0.39 is 0 Å². The molecule has 1 rings (SSSR count). The average molecular weight is 247 g/mol. The van der Waals surface area contributed by atoms with Gasteiger partial charge in [0.2, 0.25) is 0 Å². The van der Waals surface area contributed by atoms with E-state index in [1.165, 1.54) is 4.90 Å². The molecule has 3 nitrogen and oxygen atoms in total. The molecular formula is C10H12Cl2N2O. The van der Waals surface area contributed by atoms with Crippen molar-refractivity contribution in [1.82, 2.24) is 4.90 Å². The van der Waals surface area contributed by atoms with Crippen molar-refractivity contribution < 1.29 is 4.79 Å². The van der Waals surface area contributed by atoms with Crippen LogP contribution in [0, 0.1) is 0 Å². The third kappa shape index (κ3) is 3.09. The van der Waals surface area contributed by atoms with Crippen LogP contribution in [0.2, 0.25) is 10.0 Å². The zero-order chi connectivity index (χ0) is 11.4. The molecule has 15 heavy (non-hydrogen) atoms. The number of nitrogens with zero attached hydrogens (tertiary/aromatic N) is 1. The molecule has 0 saturated carbocycles. The highest BCUT2D eigenvalue weighted by Crippen LogP contribution is 2.21. The van der Waals surface area contributed by atoms with Gasteiger partial charge in [0.25, 0.3) is 5.91 Å². The smallest absolute Gasteiger partial charge is 0.255 e. The third-order valence-corrected chi connectivity index (χ3v) is 2.52. The molecule has 82 valence electrons. The summed E-state index contributed by atoms with van der Waals surface area (Å²) in [5.41, 5.74) is 5.80. The van der Waals surface area contributed by atoms with Gasteiger partial charge in [0.1, 0.15) is 0 Å². The van der Waals surface area contributed by atoms with Crippen LogP contribution in [0.4, 0.5) is 0 Å². The molecule has 0 fully saturated rings. The van der Waals surface area contributed by atoms with Gasteiger partial charge in [-0.05, 0) is 18.2 Å². The molecule has 0 aliphatic heterocycles. The number of likely N-dealkylation sites (N-methyl/N-ethyl adjacent to an activating group) is 1. The second kappa shape index (κ2) is 5.35. The first-order chi connectivity index (χ1) is 7.06. The van der Waals surface area contributed by atoms with E-state index in [1.807, 2.05) is 0 Å². The SMILES string of the molecule is CN(CCN)C(=O)c1ccc(Cl)cc1Cl. The monoisotopic (exact) mass is 246 g/mol. The Balaban J connectivity index is 2.91. The summed E-state index contributed by atoms with van der Waals surface area (Å²) in [7, 11) is 1.68. The van der Waals surface area contributed by atoms with Crippen molar-refractivity contribution in [3.8, 4) is 0 Å². The molecule has 0 bridgehead atoms. The van der Waals surface area contributed by atoms with E-state index >= 15 is 0 Å². The van der Waals surface area contributed by atoms with Crippen LogP contribution in [0.15, 0.2) is 18.2 Å². The molecule has 0 unspecified atom stereocenters. The lowest BCUT2D eigenvalue weighted by Crippen LogP contribution is -2.31. The number of hydrogen-bond donors (Lipinski definition) is 1. The second-order valence-electron chi connectivity index (χ2n) is 3.14. The van der Waals surface area contributed by atoms with Crippen LogP contribution in [0.3, 0.4) is 0 Å². The molecule has 5 heteroatoms. The standard InChI is InChI=1S/C10H12Cl2N2O/c1-14(5-4-13)10(15)8-3-2-7(11)6-9(8)12/h2-3,6H,4-5,13H2,1H3. The fraction of sp³-hybridized carbons (Fsp3) is 0.300. The van der Waals surface area contributed by atoms with Gasteiger partial charge in [-0.2, -0.15) is 0 Å². The van der Waals surface area contributed by atoms with Crippen molar-refractivity contribution in [2.45, 2.75) is 0 Å². The molecule has 0 aliphatic carbocycles. The molecule has 1 amide bonds. The highest BCUT2D eigenvalue weighted by Gasteiger charge is 2.14. The Hall–Kier alpha value is -0.770. The van der Waals surface area contributed by atoms with Gasteiger partial charge in [-0.15, -0.1) is 0 Å². The first kappa shape index (κ1) is 12.3. The van der Waals surface area contributed by atoms with Gasteiger partial charge in [-0.1, -0.05) is 23.2 Å². The Morgan fingerprint density at radius 1 is 1.47 bits per heavy atom. The zero-order valence-corrected chi connectivity index (χ0v) is 9.85. The van der Waals surface area contributed by atoms with Gasteiger partial charge in [-0.3, -0.25) is 4.79 Å². The Morgan fingerprint density at radius 3 is 2.67 bits per heavy atom. The maximum atomic E-state index is 11.8. The van der Waals surface area contributed by atoms with Crippen molar-refractivity contribution in [2.24, 2.45) is 5.73 Å². The van der Waals surface area contributed by atoms with Crippen LogP contribution in [0.25, 0.3) is 0 Å². The minimum atomic E-state index is -0.151. The maximum Gasteiger partial charge on any atom is 0.255 e. The number of nitrogens with two attached hydrogens (primary N) is 1. The van der Waals surface area contributed by atoms with E-state index in [0.29, 0.717) is 28.7 Å². The highest BCUT2D eigenvalue weighted by molar-refractivity contribution is 6.36. The van der Waals surface area contributed by atoms with Crippen LogP contribution in [0.5, 0.6) is 0 Å². The average Bonchev–Trinajstić information content (AvgIpc) is 2.17. The summed E-state index contributed by atoms with van der Waals surface area (Å²) >= 11 is 11.6. The lowest BCUT2D eigenvalue weighted by molar-refractivity contribution is 0.0799. The fourth-order valence-electron chi connectivity index (χ4n) is 1.16. The number of carbonyl (C=O) groups excluding carboxylic acids is 1. The van der Waals surface area contributed by atoms with E-state index in [4.69, 9.17) is 28.9 Å². The van der Waals surface area contributed by atoms with Gasteiger partial charge in [-0.25, -0.2) is 0 Å². The number of carbonyl (C=O) groups is 1. The molecular weight excluding hydrogens is 235 g/mol. The molecule has 1 aromatic carbocycles. The molecule has 0 saturated heterocycles. The van der Waals surface area contributed by atoms with Gasteiger partial charge >= 0.3 is 0 Å². The molecule has 0 aliphatic rings. The molecule has 0 heterocycles. The summed E-state index contributed by atoms with van der Waals surface area (Å²) in [4.78, 5) is 13.3. The summed E-state index contributed by atoms with van der Waals surface area (Å²) in [5, 5.41) is 0.870. The number of halogens is 2. The second-order valence-corrected chi connectivity index (χ2v) is 3.98. The van der Waals surface area contributed by atoms with Crippen LogP contribution in [-0.2, 0) is 0 Å². The number of rotatable bonds is 3. The molecule has 0 radical (unpaired) electrons. The van der Waals surface area contributed by atoms with E-state index in [2.05, 4.69) is 0 Å². The van der Waals surface area contributed by atoms with Crippen LogP contribution >= 0.6 is 23.2 Å². The molecule has 0 atom stereocenters. The largest absolute Gasteiger partial charge is 0.340 e. The normalized spacial score (nSPS) is 10.1. The molecule has 1 aromatic rings. The Morgan fingerprint density at radius 2 is 2.13 bits per heavy atom. The highest BCUT2D eigenvalue weighted by atomic mass is 35.5. The quantitative estimate of drug-likeness (QED) is 0.888.